The highest BCUT2D eigenvalue weighted by Gasteiger charge is 2.43. The molecule has 0 aromatic heterocycles. The number of carbonyl (C=O) groups is 2. The lowest BCUT2D eigenvalue weighted by molar-refractivity contribution is -0.120. The Balaban J connectivity index is 1.82. The van der Waals surface area contributed by atoms with Gasteiger partial charge in [0, 0.05) is 13.1 Å². The largest absolute Gasteiger partial charge is 0.366 e. The average molecular weight is 392 g/mol. The molecule has 1 fully saturated rings. The molecular formula is C24H25FN2O2. The smallest absolute Gasteiger partial charge is 0.282 e. The minimum Gasteiger partial charge on any atom is -0.366 e. The molecule has 2 aromatic carbocycles. The molecular weight excluding hydrogens is 367 g/mol. The first kappa shape index (κ1) is 19.4. The number of amides is 2. The van der Waals surface area contributed by atoms with Gasteiger partial charge in [-0.3, -0.25) is 9.59 Å². The molecule has 2 amide bonds. The fraction of sp³-hybridized carbons (Fsp3) is 0.333. The Hall–Kier alpha value is -2.95. The van der Waals surface area contributed by atoms with Crippen LogP contribution in [0, 0.1) is 24.6 Å². The van der Waals surface area contributed by atoms with Crippen LogP contribution in [0.1, 0.15) is 31.4 Å². The summed E-state index contributed by atoms with van der Waals surface area (Å²) in [6.45, 7) is 7.82. The van der Waals surface area contributed by atoms with E-state index in [1.54, 1.807) is 0 Å². The Morgan fingerprint density at radius 1 is 0.862 bits per heavy atom. The van der Waals surface area contributed by atoms with E-state index in [0.29, 0.717) is 28.8 Å². The molecule has 2 aliphatic rings. The van der Waals surface area contributed by atoms with Crippen LogP contribution in [0.3, 0.4) is 0 Å². The Labute approximate surface area is 170 Å². The van der Waals surface area contributed by atoms with Gasteiger partial charge in [0.05, 0.1) is 11.3 Å². The third-order valence-electron chi connectivity index (χ3n) is 5.67. The SMILES string of the molecule is Cc1ccc(C2=C(N3CC(C)CC(C)C3)C(=O)N(c3ccc(F)cc3)C2=O)cc1. The number of nitrogens with zero attached hydrogens (tertiary/aromatic N) is 2. The summed E-state index contributed by atoms with van der Waals surface area (Å²) >= 11 is 0. The first-order valence-corrected chi connectivity index (χ1v) is 10.1. The number of halogens is 1. The predicted octanol–water partition coefficient (Wildman–Crippen LogP) is 4.40. The van der Waals surface area contributed by atoms with E-state index in [0.717, 1.165) is 30.6 Å². The quantitative estimate of drug-likeness (QED) is 0.727. The van der Waals surface area contributed by atoms with Gasteiger partial charge in [-0.15, -0.1) is 0 Å². The molecule has 2 aliphatic heterocycles. The van der Waals surface area contributed by atoms with E-state index in [9.17, 15) is 14.0 Å². The molecule has 0 radical (unpaired) electrons. The monoisotopic (exact) mass is 392 g/mol. The van der Waals surface area contributed by atoms with Gasteiger partial charge in [0.2, 0.25) is 0 Å². The van der Waals surface area contributed by atoms with Crippen molar-refractivity contribution >= 4 is 23.1 Å². The third kappa shape index (κ3) is 3.57. The van der Waals surface area contributed by atoms with Crippen molar-refractivity contribution in [2.75, 3.05) is 18.0 Å². The maximum Gasteiger partial charge on any atom is 0.282 e. The van der Waals surface area contributed by atoms with Crippen LogP contribution in [0.15, 0.2) is 54.2 Å². The molecule has 2 aromatic rings. The molecule has 2 heterocycles. The van der Waals surface area contributed by atoms with E-state index >= 15 is 0 Å². The van der Waals surface area contributed by atoms with Gasteiger partial charge in [0.25, 0.3) is 11.8 Å². The van der Waals surface area contributed by atoms with E-state index < -0.39 is 5.82 Å². The molecule has 0 saturated carbocycles. The summed E-state index contributed by atoms with van der Waals surface area (Å²) in [7, 11) is 0. The zero-order valence-electron chi connectivity index (χ0n) is 17.0. The number of likely N-dealkylation sites (tertiary alicyclic amines) is 1. The second-order valence-electron chi connectivity index (χ2n) is 8.36. The second-order valence-corrected chi connectivity index (χ2v) is 8.36. The van der Waals surface area contributed by atoms with E-state index in [2.05, 4.69) is 18.7 Å². The van der Waals surface area contributed by atoms with Crippen molar-refractivity contribution in [1.29, 1.82) is 0 Å². The van der Waals surface area contributed by atoms with Crippen LogP contribution in [0.2, 0.25) is 0 Å². The number of anilines is 1. The molecule has 29 heavy (non-hydrogen) atoms. The summed E-state index contributed by atoms with van der Waals surface area (Å²) in [5.41, 5.74) is 3.10. The normalized spacial score (nSPS) is 22.6. The summed E-state index contributed by atoms with van der Waals surface area (Å²) in [6.07, 6.45) is 1.10. The zero-order chi connectivity index (χ0) is 20.7. The second kappa shape index (κ2) is 7.47. The minimum absolute atomic E-state index is 0.335. The van der Waals surface area contributed by atoms with Gasteiger partial charge in [0.1, 0.15) is 11.5 Å². The number of hydrogen-bond donors (Lipinski definition) is 0. The van der Waals surface area contributed by atoms with Crippen molar-refractivity contribution in [3.8, 4) is 0 Å². The Kier molecular flexibility index (Phi) is 4.99. The number of aryl methyl sites for hydroxylation is 1. The number of hydrogen-bond acceptors (Lipinski definition) is 3. The van der Waals surface area contributed by atoms with Gasteiger partial charge in [-0.2, -0.15) is 0 Å². The van der Waals surface area contributed by atoms with Gasteiger partial charge >= 0.3 is 0 Å². The summed E-state index contributed by atoms with van der Waals surface area (Å²) < 4.78 is 13.4. The van der Waals surface area contributed by atoms with Crippen molar-refractivity contribution in [2.45, 2.75) is 27.2 Å². The molecule has 2 unspecified atom stereocenters. The van der Waals surface area contributed by atoms with Gasteiger partial charge in [0.15, 0.2) is 0 Å². The summed E-state index contributed by atoms with van der Waals surface area (Å²) in [4.78, 5) is 30.1. The lowest BCUT2D eigenvalue weighted by Gasteiger charge is -2.37. The Morgan fingerprint density at radius 2 is 1.45 bits per heavy atom. The van der Waals surface area contributed by atoms with Gasteiger partial charge in [-0.25, -0.2) is 9.29 Å². The Morgan fingerprint density at radius 3 is 2.03 bits per heavy atom. The van der Waals surface area contributed by atoms with Gasteiger partial charge in [-0.1, -0.05) is 43.7 Å². The maximum atomic E-state index is 13.5. The van der Waals surface area contributed by atoms with Crippen LogP contribution in [-0.4, -0.2) is 29.8 Å². The molecule has 150 valence electrons. The van der Waals surface area contributed by atoms with E-state index in [4.69, 9.17) is 0 Å². The van der Waals surface area contributed by atoms with Crippen LogP contribution in [0.5, 0.6) is 0 Å². The predicted molar refractivity (Wildman–Crippen MR) is 112 cm³/mol. The zero-order valence-corrected chi connectivity index (χ0v) is 17.0. The lowest BCUT2D eigenvalue weighted by Crippen LogP contribution is -2.42. The molecule has 4 rings (SSSR count). The third-order valence-corrected chi connectivity index (χ3v) is 5.67. The number of imide groups is 1. The van der Waals surface area contributed by atoms with Gasteiger partial charge in [-0.05, 0) is 55.0 Å². The number of benzene rings is 2. The molecule has 2 atom stereocenters. The number of piperidine rings is 1. The van der Waals surface area contributed by atoms with Crippen molar-refractivity contribution in [3.05, 3.63) is 71.2 Å². The first-order chi connectivity index (χ1) is 13.8. The highest BCUT2D eigenvalue weighted by Crippen LogP contribution is 2.37. The summed E-state index contributed by atoms with van der Waals surface area (Å²) in [5, 5.41) is 0. The fourth-order valence-electron chi connectivity index (χ4n) is 4.46. The number of rotatable bonds is 3. The molecule has 4 nitrogen and oxygen atoms in total. The van der Waals surface area contributed by atoms with Gasteiger partial charge < -0.3 is 4.90 Å². The molecule has 0 spiro atoms. The Bertz CT molecular complexity index is 969. The van der Waals surface area contributed by atoms with Crippen LogP contribution >= 0.6 is 0 Å². The van der Waals surface area contributed by atoms with Crippen LogP contribution in [-0.2, 0) is 9.59 Å². The standard InChI is InChI=1S/C24H25FN2O2/c1-15-4-6-18(7-5-15)21-22(26-13-16(2)12-17(3)14-26)24(29)27(23(21)28)20-10-8-19(25)9-11-20/h4-11,16-17H,12-14H2,1-3H3. The van der Waals surface area contributed by atoms with Crippen molar-refractivity contribution in [2.24, 2.45) is 11.8 Å². The minimum atomic E-state index is -0.404. The van der Waals surface area contributed by atoms with E-state index in [1.807, 2.05) is 31.2 Å². The highest BCUT2D eigenvalue weighted by atomic mass is 19.1. The first-order valence-electron chi connectivity index (χ1n) is 10.1. The van der Waals surface area contributed by atoms with Crippen LogP contribution in [0.4, 0.5) is 10.1 Å². The van der Waals surface area contributed by atoms with Crippen LogP contribution < -0.4 is 4.90 Å². The lowest BCUT2D eigenvalue weighted by atomic mass is 9.91. The molecule has 0 aliphatic carbocycles. The van der Waals surface area contributed by atoms with Crippen molar-refractivity contribution in [3.63, 3.8) is 0 Å². The average Bonchev–Trinajstić information content (AvgIpc) is 2.93. The molecule has 5 heteroatoms. The summed E-state index contributed by atoms with van der Waals surface area (Å²) in [6, 6.07) is 13.2. The molecule has 0 bridgehead atoms. The highest BCUT2D eigenvalue weighted by molar-refractivity contribution is 6.45. The van der Waals surface area contributed by atoms with Crippen LogP contribution in [0.25, 0.3) is 5.57 Å². The molecule has 0 N–H and O–H groups in total. The van der Waals surface area contributed by atoms with Crippen molar-refractivity contribution < 1.29 is 14.0 Å². The van der Waals surface area contributed by atoms with E-state index in [1.165, 1.54) is 29.2 Å². The summed E-state index contributed by atoms with van der Waals surface area (Å²) in [5.74, 6) is -0.218. The van der Waals surface area contributed by atoms with Crippen molar-refractivity contribution in [1.82, 2.24) is 4.90 Å². The molecule has 1 saturated heterocycles. The topological polar surface area (TPSA) is 40.6 Å². The maximum absolute atomic E-state index is 13.5. The van der Waals surface area contributed by atoms with E-state index in [-0.39, 0.29) is 11.8 Å². The fourth-order valence-corrected chi connectivity index (χ4v) is 4.46. The number of carbonyl (C=O) groups excluding carboxylic acids is 2.